The second-order valence-electron chi connectivity index (χ2n) is 7.48. The largest absolute Gasteiger partial charge is 0.349 e. The fourth-order valence-corrected chi connectivity index (χ4v) is 3.37. The van der Waals surface area contributed by atoms with E-state index in [2.05, 4.69) is 24.1 Å². The van der Waals surface area contributed by atoms with Crippen LogP contribution in [-0.4, -0.2) is 35.0 Å². The second kappa shape index (κ2) is 8.37. The van der Waals surface area contributed by atoms with Gasteiger partial charge in [0.2, 0.25) is 0 Å². The number of carbonyl (C=O) groups is 2. The minimum absolute atomic E-state index is 0.173. The lowest BCUT2D eigenvalue weighted by Gasteiger charge is -2.19. The van der Waals surface area contributed by atoms with Gasteiger partial charge in [-0.3, -0.25) is 9.59 Å². The predicted molar refractivity (Wildman–Crippen MR) is 106 cm³/mol. The fourth-order valence-electron chi connectivity index (χ4n) is 3.37. The molecule has 2 aromatic rings. The molecule has 1 aliphatic heterocycles. The Balaban J connectivity index is 1.86. The molecule has 27 heavy (non-hydrogen) atoms. The van der Waals surface area contributed by atoms with Crippen LogP contribution in [0.1, 0.15) is 59.9 Å². The summed E-state index contributed by atoms with van der Waals surface area (Å²) in [7, 11) is 1.74. The number of imidazole rings is 1. The molecule has 0 atom stereocenters. The number of hydrogen-bond donors (Lipinski definition) is 1. The number of amides is 2. The molecule has 0 bridgehead atoms. The lowest BCUT2D eigenvalue weighted by molar-refractivity contribution is 0.0936. The van der Waals surface area contributed by atoms with E-state index in [4.69, 9.17) is 0 Å². The first-order valence-corrected chi connectivity index (χ1v) is 9.69. The molecule has 0 radical (unpaired) electrons. The Labute approximate surface area is 160 Å². The zero-order valence-electron chi connectivity index (χ0n) is 16.4. The van der Waals surface area contributed by atoms with Gasteiger partial charge in [-0.1, -0.05) is 32.0 Å². The standard InChI is InChI=1S/C21H28N4O2/c1-15(2)12-13-22-20(26)19-23-18(17-11-7-8-14-25(17)19)21(27)24(3)16-9-5-4-6-10-16/h4-6,9-10,15H,7-8,11-14H2,1-3H3,(H,22,26). The number of hydrogen-bond acceptors (Lipinski definition) is 3. The summed E-state index contributed by atoms with van der Waals surface area (Å²) in [6.07, 6.45) is 3.70. The van der Waals surface area contributed by atoms with Crippen molar-refractivity contribution in [2.75, 3.05) is 18.5 Å². The van der Waals surface area contributed by atoms with E-state index >= 15 is 0 Å². The van der Waals surface area contributed by atoms with Crippen LogP contribution in [0.2, 0.25) is 0 Å². The minimum atomic E-state index is -0.194. The van der Waals surface area contributed by atoms with Crippen molar-refractivity contribution < 1.29 is 9.59 Å². The second-order valence-corrected chi connectivity index (χ2v) is 7.48. The summed E-state index contributed by atoms with van der Waals surface area (Å²) in [6, 6.07) is 9.49. The SMILES string of the molecule is CC(C)CCNC(=O)c1nc(C(=O)N(C)c2ccccc2)c2n1CCCC2. The third kappa shape index (κ3) is 4.21. The zero-order chi connectivity index (χ0) is 19.4. The maximum Gasteiger partial charge on any atom is 0.287 e. The highest BCUT2D eigenvalue weighted by atomic mass is 16.2. The van der Waals surface area contributed by atoms with Gasteiger partial charge in [-0.2, -0.15) is 0 Å². The van der Waals surface area contributed by atoms with Crippen molar-refractivity contribution in [2.24, 2.45) is 5.92 Å². The monoisotopic (exact) mass is 368 g/mol. The first-order chi connectivity index (χ1) is 13.0. The molecule has 0 aliphatic carbocycles. The highest BCUT2D eigenvalue weighted by molar-refractivity contribution is 6.06. The number of nitrogens with zero attached hydrogens (tertiary/aromatic N) is 3. The molecule has 1 N–H and O–H groups in total. The van der Waals surface area contributed by atoms with Gasteiger partial charge < -0.3 is 14.8 Å². The van der Waals surface area contributed by atoms with Crippen LogP contribution in [0, 0.1) is 5.92 Å². The molecular weight excluding hydrogens is 340 g/mol. The first-order valence-electron chi connectivity index (χ1n) is 9.69. The third-order valence-corrected chi connectivity index (χ3v) is 4.98. The number of anilines is 1. The van der Waals surface area contributed by atoms with Gasteiger partial charge in [0.25, 0.3) is 11.8 Å². The summed E-state index contributed by atoms with van der Waals surface area (Å²) in [5.74, 6) is 0.516. The van der Waals surface area contributed by atoms with Crippen molar-refractivity contribution in [1.29, 1.82) is 0 Å². The smallest absolute Gasteiger partial charge is 0.287 e. The topological polar surface area (TPSA) is 67.2 Å². The Morgan fingerprint density at radius 2 is 1.96 bits per heavy atom. The van der Waals surface area contributed by atoms with Crippen molar-refractivity contribution in [1.82, 2.24) is 14.9 Å². The zero-order valence-corrected chi connectivity index (χ0v) is 16.4. The summed E-state index contributed by atoms with van der Waals surface area (Å²) < 4.78 is 1.93. The average Bonchev–Trinajstić information content (AvgIpc) is 3.07. The normalized spacial score (nSPS) is 13.3. The van der Waals surface area contributed by atoms with Gasteiger partial charge in [0.1, 0.15) is 0 Å². The van der Waals surface area contributed by atoms with Crippen LogP contribution in [0.5, 0.6) is 0 Å². The summed E-state index contributed by atoms with van der Waals surface area (Å²) in [5.41, 5.74) is 2.08. The van der Waals surface area contributed by atoms with Crippen LogP contribution >= 0.6 is 0 Å². The number of benzene rings is 1. The number of para-hydroxylation sites is 1. The number of fused-ring (bicyclic) bond motifs is 1. The third-order valence-electron chi connectivity index (χ3n) is 4.98. The van der Waals surface area contributed by atoms with Crippen molar-refractivity contribution >= 4 is 17.5 Å². The highest BCUT2D eigenvalue weighted by Crippen LogP contribution is 2.24. The lowest BCUT2D eigenvalue weighted by atomic mass is 10.1. The Bertz CT molecular complexity index is 811. The maximum atomic E-state index is 13.1. The van der Waals surface area contributed by atoms with Crippen LogP contribution in [-0.2, 0) is 13.0 Å². The van der Waals surface area contributed by atoms with Crippen LogP contribution in [0.25, 0.3) is 0 Å². The van der Waals surface area contributed by atoms with Gasteiger partial charge in [-0.25, -0.2) is 4.98 Å². The van der Waals surface area contributed by atoms with E-state index in [1.54, 1.807) is 11.9 Å². The molecule has 6 nitrogen and oxygen atoms in total. The van der Waals surface area contributed by atoms with Gasteiger partial charge in [0.15, 0.2) is 11.5 Å². The van der Waals surface area contributed by atoms with Crippen LogP contribution in [0.4, 0.5) is 5.69 Å². The average molecular weight is 368 g/mol. The molecule has 2 heterocycles. The van der Waals surface area contributed by atoms with Gasteiger partial charge in [0.05, 0.1) is 5.69 Å². The molecule has 144 valence electrons. The molecule has 0 spiro atoms. The molecule has 0 unspecified atom stereocenters. The van der Waals surface area contributed by atoms with E-state index < -0.39 is 0 Å². The summed E-state index contributed by atoms with van der Waals surface area (Å²) >= 11 is 0. The Kier molecular flexibility index (Phi) is 5.94. The molecule has 1 aromatic heterocycles. The molecule has 0 saturated carbocycles. The molecular formula is C21H28N4O2. The van der Waals surface area contributed by atoms with E-state index in [1.165, 1.54) is 0 Å². The Morgan fingerprint density at radius 1 is 1.22 bits per heavy atom. The molecule has 2 amide bonds. The van der Waals surface area contributed by atoms with Gasteiger partial charge in [-0.05, 0) is 43.7 Å². The van der Waals surface area contributed by atoms with Crippen LogP contribution < -0.4 is 10.2 Å². The van der Waals surface area contributed by atoms with Crippen LogP contribution in [0.15, 0.2) is 30.3 Å². The number of rotatable bonds is 6. The first kappa shape index (κ1) is 19.1. The summed E-state index contributed by atoms with van der Waals surface area (Å²) in [5, 5.41) is 2.95. The highest BCUT2D eigenvalue weighted by Gasteiger charge is 2.29. The fraction of sp³-hybridized carbons (Fsp3) is 0.476. The molecule has 3 rings (SSSR count). The van der Waals surface area contributed by atoms with E-state index in [0.29, 0.717) is 24.0 Å². The number of carbonyl (C=O) groups excluding carboxylic acids is 2. The van der Waals surface area contributed by atoms with E-state index in [-0.39, 0.29) is 11.8 Å². The van der Waals surface area contributed by atoms with Crippen molar-refractivity contribution in [2.45, 2.75) is 46.1 Å². The summed E-state index contributed by atoms with van der Waals surface area (Å²) in [6.45, 7) is 5.60. The Hall–Kier alpha value is -2.63. The molecule has 0 saturated heterocycles. The lowest BCUT2D eigenvalue weighted by Crippen LogP contribution is -2.29. The molecule has 1 aromatic carbocycles. The molecule has 1 aliphatic rings. The van der Waals surface area contributed by atoms with Gasteiger partial charge in [-0.15, -0.1) is 0 Å². The minimum Gasteiger partial charge on any atom is -0.349 e. The Morgan fingerprint density at radius 3 is 2.67 bits per heavy atom. The van der Waals surface area contributed by atoms with Crippen molar-refractivity contribution in [3.63, 3.8) is 0 Å². The van der Waals surface area contributed by atoms with Gasteiger partial charge in [0, 0.05) is 25.8 Å². The van der Waals surface area contributed by atoms with Crippen molar-refractivity contribution in [3.8, 4) is 0 Å². The van der Waals surface area contributed by atoms with Gasteiger partial charge >= 0.3 is 0 Å². The quantitative estimate of drug-likeness (QED) is 0.851. The number of aromatic nitrogens is 2. The maximum absolute atomic E-state index is 13.1. The summed E-state index contributed by atoms with van der Waals surface area (Å²) in [4.78, 5) is 31.8. The van der Waals surface area contributed by atoms with Crippen LogP contribution in [0.3, 0.4) is 0 Å². The molecule has 0 fully saturated rings. The predicted octanol–water partition coefficient (Wildman–Crippen LogP) is 3.27. The number of nitrogens with one attached hydrogen (secondary N) is 1. The van der Waals surface area contributed by atoms with E-state index in [0.717, 1.165) is 43.6 Å². The van der Waals surface area contributed by atoms with E-state index in [1.807, 2.05) is 34.9 Å². The van der Waals surface area contributed by atoms with E-state index in [9.17, 15) is 9.59 Å². The molecule has 6 heteroatoms. The van der Waals surface area contributed by atoms with Crippen molar-refractivity contribution in [3.05, 3.63) is 47.5 Å².